The van der Waals surface area contributed by atoms with Crippen LogP contribution < -0.4 is 22.1 Å². The zero-order chi connectivity index (χ0) is 14.6. The summed E-state index contributed by atoms with van der Waals surface area (Å²) in [5.74, 6) is -0.827. The number of nitrogen functional groups attached to an aromatic ring is 2. The summed E-state index contributed by atoms with van der Waals surface area (Å²) in [5.41, 5.74) is 11.4. The number of hydrogen-bond donors (Lipinski definition) is 4. The lowest BCUT2D eigenvalue weighted by Crippen LogP contribution is -2.31. The summed E-state index contributed by atoms with van der Waals surface area (Å²) in [6.45, 7) is 3.98. The molecule has 0 fully saturated rings. The van der Waals surface area contributed by atoms with Gasteiger partial charge in [0.25, 0.3) is 0 Å². The van der Waals surface area contributed by atoms with Gasteiger partial charge in [0.1, 0.15) is 5.02 Å². The first-order chi connectivity index (χ1) is 8.82. The minimum Gasteiger partial charge on any atom is -0.397 e. The highest BCUT2D eigenvalue weighted by molar-refractivity contribution is 6.33. The zero-order valence-electron chi connectivity index (χ0n) is 10.9. The van der Waals surface area contributed by atoms with Crippen molar-refractivity contribution in [3.05, 3.63) is 16.9 Å². The van der Waals surface area contributed by atoms with Crippen LogP contribution in [0.1, 0.15) is 20.3 Å². The third-order valence-electron chi connectivity index (χ3n) is 2.37. The normalized spacial score (nSPS) is 10.6. The van der Waals surface area contributed by atoms with E-state index in [-0.39, 0.29) is 47.0 Å². The largest absolute Gasteiger partial charge is 0.397 e. The van der Waals surface area contributed by atoms with Crippen molar-refractivity contribution in [3.63, 3.8) is 0 Å². The molecule has 19 heavy (non-hydrogen) atoms. The first-order valence-corrected chi connectivity index (χ1v) is 6.27. The molecule has 7 heteroatoms. The van der Waals surface area contributed by atoms with Crippen LogP contribution in [0.4, 0.5) is 21.5 Å². The number of nitrogens with one attached hydrogen (secondary N) is 2. The maximum atomic E-state index is 13.8. The second-order valence-electron chi connectivity index (χ2n) is 4.46. The quantitative estimate of drug-likeness (QED) is 0.623. The molecular formula is C12H18ClFN4O. The summed E-state index contributed by atoms with van der Waals surface area (Å²) in [6, 6.07) is 1.45. The Labute approximate surface area is 116 Å². The third-order valence-corrected chi connectivity index (χ3v) is 2.75. The van der Waals surface area contributed by atoms with E-state index in [0.717, 1.165) is 0 Å². The molecule has 0 aliphatic rings. The molecule has 5 nitrogen and oxygen atoms in total. The van der Waals surface area contributed by atoms with Crippen LogP contribution in [-0.4, -0.2) is 18.5 Å². The number of benzene rings is 1. The van der Waals surface area contributed by atoms with E-state index in [0.29, 0.717) is 0 Å². The average molecular weight is 289 g/mol. The standard InChI is InChI=1S/C12H18ClFN4O/c1-6(2)18-9(19)3-4-17-12-8(16)5-7(15)10(13)11(12)14/h5-6,17H,3-4,15-16H2,1-2H3,(H,18,19). The molecular weight excluding hydrogens is 271 g/mol. The lowest BCUT2D eigenvalue weighted by molar-refractivity contribution is -0.121. The number of carbonyl (C=O) groups is 1. The van der Waals surface area contributed by atoms with E-state index in [9.17, 15) is 9.18 Å². The number of carbonyl (C=O) groups excluding carboxylic acids is 1. The second-order valence-corrected chi connectivity index (χ2v) is 4.83. The maximum absolute atomic E-state index is 13.8. The Kier molecular flexibility index (Phi) is 5.23. The van der Waals surface area contributed by atoms with Crippen LogP contribution in [0.3, 0.4) is 0 Å². The Morgan fingerprint density at radius 3 is 2.63 bits per heavy atom. The monoisotopic (exact) mass is 288 g/mol. The third kappa shape index (κ3) is 4.17. The van der Waals surface area contributed by atoms with Gasteiger partial charge in [0, 0.05) is 19.0 Å². The van der Waals surface area contributed by atoms with Gasteiger partial charge in [-0.2, -0.15) is 0 Å². The number of rotatable bonds is 5. The molecule has 6 N–H and O–H groups in total. The lowest BCUT2D eigenvalue weighted by atomic mass is 10.2. The highest BCUT2D eigenvalue weighted by Gasteiger charge is 2.14. The predicted octanol–water partition coefficient (Wildman–Crippen LogP) is 1.97. The topological polar surface area (TPSA) is 93.2 Å². The Balaban J connectivity index is 2.64. The van der Waals surface area contributed by atoms with Gasteiger partial charge in [-0.05, 0) is 19.9 Å². The van der Waals surface area contributed by atoms with Crippen molar-refractivity contribution in [2.24, 2.45) is 0 Å². The molecule has 0 aliphatic carbocycles. The van der Waals surface area contributed by atoms with Crippen LogP contribution in [-0.2, 0) is 4.79 Å². The van der Waals surface area contributed by atoms with Gasteiger partial charge in [0.05, 0.1) is 17.1 Å². The van der Waals surface area contributed by atoms with Gasteiger partial charge >= 0.3 is 0 Å². The van der Waals surface area contributed by atoms with Crippen molar-refractivity contribution in [1.29, 1.82) is 0 Å². The molecule has 0 spiro atoms. The molecule has 0 saturated carbocycles. The summed E-state index contributed by atoms with van der Waals surface area (Å²) in [5, 5.41) is 5.30. The molecule has 0 unspecified atom stereocenters. The SMILES string of the molecule is CC(C)NC(=O)CCNc1c(N)cc(N)c(Cl)c1F. The fraction of sp³-hybridized carbons (Fsp3) is 0.417. The first-order valence-electron chi connectivity index (χ1n) is 5.89. The van der Waals surface area contributed by atoms with E-state index in [2.05, 4.69) is 10.6 Å². The van der Waals surface area contributed by atoms with Gasteiger partial charge in [-0.15, -0.1) is 0 Å². The highest BCUT2D eigenvalue weighted by Crippen LogP contribution is 2.33. The molecule has 0 aromatic heterocycles. The van der Waals surface area contributed by atoms with Crippen molar-refractivity contribution in [1.82, 2.24) is 5.32 Å². The molecule has 0 radical (unpaired) electrons. The van der Waals surface area contributed by atoms with Gasteiger partial charge in [0.15, 0.2) is 5.82 Å². The summed E-state index contributed by atoms with van der Waals surface area (Å²) in [4.78, 5) is 11.4. The van der Waals surface area contributed by atoms with E-state index in [1.54, 1.807) is 0 Å². The maximum Gasteiger partial charge on any atom is 0.221 e. The van der Waals surface area contributed by atoms with E-state index in [1.807, 2.05) is 13.8 Å². The second kappa shape index (κ2) is 6.47. The predicted molar refractivity (Wildman–Crippen MR) is 76.6 cm³/mol. The molecule has 1 aromatic rings. The number of nitrogens with two attached hydrogens (primary N) is 2. The van der Waals surface area contributed by atoms with E-state index in [4.69, 9.17) is 23.1 Å². The first kappa shape index (κ1) is 15.4. The Morgan fingerprint density at radius 1 is 1.42 bits per heavy atom. The number of halogens is 2. The molecule has 0 heterocycles. The van der Waals surface area contributed by atoms with E-state index >= 15 is 0 Å². The van der Waals surface area contributed by atoms with Gasteiger partial charge in [-0.3, -0.25) is 4.79 Å². The van der Waals surface area contributed by atoms with E-state index in [1.165, 1.54) is 6.07 Å². The number of anilines is 3. The molecule has 106 valence electrons. The van der Waals surface area contributed by atoms with Crippen LogP contribution in [0.5, 0.6) is 0 Å². The Hall–Kier alpha value is -1.69. The molecule has 1 amide bonds. The molecule has 0 atom stereocenters. The molecule has 0 aliphatic heterocycles. The fourth-order valence-electron chi connectivity index (χ4n) is 1.54. The van der Waals surface area contributed by atoms with Crippen LogP contribution in [0.2, 0.25) is 5.02 Å². The van der Waals surface area contributed by atoms with Crippen LogP contribution in [0.25, 0.3) is 0 Å². The van der Waals surface area contributed by atoms with Gasteiger partial charge < -0.3 is 22.1 Å². The van der Waals surface area contributed by atoms with Crippen molar-refractivity contribution in [3.8, 4) is 0 Å². The summed E-state index contributed by atoms with van der Waals surface area (Å²) >= 11 is 5.69. The summed E-state index contributed by atoms with van der Waals surface area (Å²) in [6.07, 6.45) is 0.207. The molecule has 0 bridgehead atoms. The summed E-state index contributed by atoms with van der Waals surface area (Å²) in [7, 11) is 0. The van der Waals surface area contributed by atoms with Gasteiger partial charge in [-0.1, -0.05) is 11.6 Å². The smallest absolute Gasteiger partial charge is 0.221 e. The molecule has 0 saturated heterocycles. The number of amides is 1. The van der Waals surface area contributed by atoms with Crippen molar-refractivity contribution < 1.29 is 9.18 Å². The van der Waals surface area contributed by atoms with Gasteiger partial charge in [-0.25, -0.2) is 4.39 Å². The van der Waals surface area contributed by atoms with Crippen LogP contribution in [0, 0.1) is 5.82 Å². The van der Waals surface area contributed by atoms with Crippen molar-refractivity contribution in [2.45, 2.75) is 26.3 Å². The summed E-state index contributed by atoms with van der Waals surface area (Å²) < 4.78 is 13.8. The minimum absolute atomic E-state index is 0.0662. The highest BCUT2D eigenvalue weighted by atomic mass is 35.5. The average Bonchev–Trinajstić information content (AvgIpc) is 2.30. The fourth-order valence-corrected chi connectivity index (χ4v) is 1.69. The lowest BCUT2D eigenvalue weighted by Gasteiger charge is -2.13. The van der Waals surface area contributed by atoms with Crippen LogP contribution >= 0.6 is 11.6 Å². The van der Waals surface area contributed by atoms with Crippen molar-refractivity contribution >= 4 is 34.6 Å². The minimum atomic E-state index is -0.705. The van der Waals surface area contributed by atoms with Crippen LogP contribution in [0.15, 0.2) is 6.07 Å². The molecule has 1 aromatic carbocycles. The Morgan fingerprint density at radius 2 is 2.05 bits per heavy atom. The Bertz CT molecular complexity index is 479. The molecule has 1 rings (SSSR count). The van der Waals surface area contributed by atoms with Gasteiger partial charge in [0.2, 0.25) is 5.91 Å². The zero-order valence-corrected chi connectivity index (χ0v) is 11.6. The van der Waals surface area contributed by atoms with E-state index < -0.39 is 5.82 Å². The number of hydrogen-bond acceptors (Lipinski definition) is 4. The van der Waals surface area contributed by atoms with Crippen molar-refractivity contribution in [2.75, 3.05) is 23.3 Å².